The minimum atomic E-state index is -0.337. The van der Waals surface area contributed by atoms with Crippen molar-refractivity contribution >= 4 is 5.97 Å². The van der Waals surface area contributed by atoms with Gasteiger partial charge in [-0.2, -0.15) is 0 Å². The lowest BCUT2D eigenvalue weighted by molar-refractivity contribution is -0.134. The van der Waals surface area contributed by atoms with Crippen LogP contribution >= 0.6 is 0 Å². The molecule has 4 nitrogen and oxygen atoms in total. The van der Waals surface area contributed by atoms with E-state index in [-0.39, 0.29) is 18.2 Å². The third-order valence-corrected chi connectivity index (χ3v) is 3.33. The van der Waals surface area contributed by atoms with E-state index in [0.29, 0.717) is 0 Å². The maximum Gasteiger partial charge on any atom is 0.330 e. The van der Waals surface area contributed by atoms with Gasteiger partial charge >= 0.3 is 5.97 Å². The zero-order valence-corrected chi connectivity index (χ0v) is 11.9. The van der Waals surface area contributed by atoms with Crippen LogP contribution in [0.25, 0.3) is 0 Å². The molecule has 0 aromatic heterocycles. The summed E-state index contributed by atoms with van der Waals surface area (Å²) in [4.78, 5) is 10.9. The summed E-state index contributed by atoms with van der Waals surface area (Å²) in [5, 5.41) is 0. The predicted octanol–water partition coefficient (Wildman–Crippen LogP) is 2.51. The van der Waals surface area contributed by atoms with Gasteiger partial charge in [0.05, 0.1) is 20.3 Å². The Morgan fingerprint density at radius 1 is 1.40 bits per heavy atom. The SMILES string of the molecule is COC(=O)/C=C/C1OC1CCCc1cccc(OC)c1. The van der Waals surface area contributed by atoms with Crippen LogP contribution in [0.2, 0.25) is 0 Å². The molecule has 1 aromatic rings. The van der Waals surface area contributed by atoms with Crippen molar-refractivity contribution in [1.29, 1.82) is 0 Å². The highest BCUT2D eigenvalue weighted by Crippen LogP contribution is 2.28. The number of esters is 1. The van der Waals surface area contributed by atoms with Crippen molar-refractivity contribution in [2.75, 3.05) is 14.2 Å². The first kappa shape index (κ1) is 14.6. The first-order chi connectivity index (χ1) is 9.72. The number of aryl methyl sites for hydroxylation is 1. The fraction of sp³-hybridized carbons (Fsp3) is 0.438. The minimum absolute atomic E-state index is 0.0689. The van der Waals surface area contributed by atoms with Gasteiger partial charge in [0.1, 0.15) is 11.9 Å². The van der Waals surface area contributed by atoms with E-state index in [4.69, 9.17) is 9.47 Å². The van der Waals surface area contributed by atoms with Crippen molar-refractivity contribution < 1.29 is 19.0 Å². The van der Waals surface area contributed by atoms with E-state index in [9.17, 15) is 4.79 Å². The average molecular weight is 276 g/mol. The topological polar surface area (TPSA) is 48.1 Å². The molecule has 2 atom stereocenters. The molecule has 1 aromatic carbocycles. The molecule has 2 unspecified atom stereocenters. The number of carbonyl (C=O) groups excluding carboxylic acids is 1. The second-order valence-electron chi connectivity index (χ2n) is 4.77. The van der Waals surface area contributed by atoms with Crippen LogP contribution in [0, 0.1) is 0 Å². The lowest BCUT2D eigenvalue weighted by atomic mass is 10.1. The largest absolute Gasteiger partial charge is 0.497 e. The molecule has 0 radical (unpaired) electrons. The van der Waals surface area contributed by atoms with E-state index in [1.807, 2.05) is 12.1 Å². The van der Waals surface area contributed by atoms with Crippen molar-refractivity contribution in [3.63, 3.8) is 0 Å². The van der Waals surface area contributed by atoms with Crippen LogP contribution in [-0.2, 0) is 20.7 Å². The molecule has 0 spiro atoms. The van der Waals surface area contributed by atoms with Gasteiger partial charge < -0.3 is 14.2 Å². The molecule has 108 valence electrons. The molecule has 1 saturated heterocycles. The maximum absolute atomic E-state index is 10.9. The molecule has 0 bridgehead atoms. The summed E-state index contributed by atoms with van der Waals surface area (Å²) >= 11 is 0. The quantitative estimate of drug-likeness (QED) is 0.436. The lowest BCUT2D eigenvalue weighted by Crippen LogP contribution is -1.97. The number of rotatable bonds is 7. The van der Waals surface area contributed by atoms with Crippen molar-refractivity contribution in [3.05, 3.63) is 42.0 Å². The fourth-order valence-corrected chi connectivity index (χ4v) is 2.13. The fourth-order valence-electron chi connectivity index (χ4n) is 2.13. The van der Waals surface area contributed by atoms with E-state index >= 15 is 0 Å². The first-order valence-corrected chi connectivity index (χ1v) is 6.77. The Bertz CT molecular complexity index is 481. The summed E-state index contributed by atoms with van der Waals surface area (Å²) in [6.45, 7) is 0. The number of hydrogen-bond acceptors (Lipinski definition) is 4. The van der Waals surface area contributed by atoms with Crippen molar-refractivity contribution in [1.82, 2.24) is 0 Å². The Hall–Kier alpha value is -1.81. The second kappa shape index (κ2) is 7.10. The number of hydrogen-bond donors (Lipinski definition) is 0. The Morgan fingerprint density at radius 3 is 3.00 bits per heavy atom. The molecule has 0 aliphatic carbocycles. The van der Waals surface area contributed by atoms with Crippen LogP contribution in [-0.4, -0.2) is 32.4 Å². The Labute approximate surface area is 119 Å². The Balaban J connectivity index is 1.67. The summed E-state index contributed by atoms with van der Waals surface area (Å²) in [7, 11) is 3.04. The molecule has 0 N–H and O–H groups in total. The van der Waals surface area contributed by atoms with E-state index in [1.54, 1.807) is 13.2 Å². The molecular weight excluding hydrogens is 256 g/mol. The lowest BCUT2D eigenvalue weighted by Gasteiger charge is -2.03. The molecule has 20 heavy (non-hydrogen) atoms. The molecule has 4 heteroatoms. The van der Waals surface area contributed by atoms with Gasteiger partial charge in [0.25, 0.3) is 0 Å². The summed E-state index contributed by atoms with van der Waals surface area (Å²) in [6, 6.07) is 8.11. The van der Waals surface area contributed by atoms with Crippen LogP contribution < -0.4 is 4.74 Å². The van der Waals surface area contributed by atoms with Gasteiger partial charge in [-0.3, -0.25) is 0 Å². The molecule has 1 heterocycles. The van der Waals surface area contributed by atoms with Gasteiger partial charge in [-0.25, -0.2) is 4.79 Å². The summed E-state index contributed by atoms with van der Waals surface area (Å²) in [5.74, 6) is 0.555. The van der Waals surface area contributed by atoms with Crippen LogP contribution in [0.1, 0.15) is 18.4 Å². The first-order valence-electron chi connectivity index (χ1n) is 6.77. The Kier molecular flexibility index (Phi) is 5.18. The average Bonchev–Trinajstić information content (AvgIpc) is 3.23. The van der Waals surface area contributed by atoms with Crippen molar-refractivity contribution in [2.45, 2.75) is 31.5 Å². The third-order valence-electron chi connectivity index (χ3n) is 3.33. The van der Waals surface area contributed by atoms with Gasteiger partial charge in [-0.1, -0.05) is 12.1 Å². The van der Waals surface area contributed by atoms with Gasteiger partial charge in [0.15, 0.2) is 0 Å². The standard InChI is InChI=1S/C16H20O4/c1-18-13-7-3-5-12(11-13)6-4-8-14-15(20-14)9-10-16(17)19-2/h3,5,7,9-11,14-15H,4,6,8H2,1-2H3/b10-9+. The number of benzene rings is 1. The van der Waals surface area contributed by atoms with Gasteiger partial charge in [0.2, 0.25) is 0 Å². The van der Waals surface area contributed by atoms with Crippen LogP contribution in [0.4, 0.5) is 0 Å². The smallest absolute Gasteiger partial charge is 0.330 e. The highest BCUT2D eigenvalue weighted by Gasteiger charge is 2.35. The number of methoxy groups -OCH3 is 2. The third kappa shape index (κ3) is 4.38. The number of ether oxygens (including phenoxy) is 3. The molecule has 0 amide bonds. The summed E-state index contributed by atoms with van der Waals surface area (Å²) < 4.78 is 15.2. The monoisotopic (exact) mass is 276 g/mol. The van der Waals surface area contributed by atoms with E-state index in [0.717, 1.165) is 25.0 Å². The highest BCUT2D eigenvalue weighted by molar-refractivity contribution is 5.81. The van der Waals surface area contributed by atoms with E-state index in [1.165, 1.54) is 18.7 Å². The van der Waals surface area contributed by atoms with Gasteiger partial charge in [0, 0.05) is 6.08 Å². The second-order valence-corrected chi connectivity index (χ2v) is 4.77. The van der Waals surface area contributed by atoms with E-state index < -0.39 is 0 Å². The molecule has 1 fully saturated rings. The zero-order chi connectivity index (χ0) is 14.4. The summed E-state index contributed by atoms with van der Waals surface area (Å²) in [5.41, 5.74) is 1.27. The van der Waals surface area contributed by atoms with Gasteiger partial charge in [-0.05, 0) is 43.0 Å². The predicted molar refractivity (Wildman–Crippen MR) is 75.7 cm³/mol. The Morgan fingerprint density at radius 2 is 2.25 bits per heavy atom. The zero-order valence-electron chi connectivity index (χ0n) is 11.9. The number of carbonyl (C=O) groups is 1. The van der Waals surface area contributed by atoms with Crippen LogP contribution in [0.5, 0.6) is 5.75 Å². The summed E-state index contributed by atoms with van der Waals surface area (Å²) in [6.07, 6.45) is 6.55. The molecular formula is C16H20O4. The molecule has 1 aliphatic rings. The van der Waals surface area contributed by atoms with Gasteiger partial charge in [-0.15, -0.1) is 0 Å². The number of epoxide rings is 1. The maximum atomic E-state index is 10.9. The van der Waals surface area contributed by atoms with Crippen molar-refractivity contribution in [2.24, 2.45) is 0 Å². The normalized spacial score (nSPS) is 20.9. The molecule has 0 saturated carbocycles. The minimum Gasteiger partial charge on any atom is -0.497 e. The van der Waals surface area contributed by atoms with Crippen molar-refractivity contribution in [3.8, 4) is 5.75 Å². The molecule has 1 aliphatic heterocycles. The molecule has 2 rings (SSSR count). The van der Waals surface area contributed by atoms with Crippen LogP contribution in [0.3, 0.4) is 0 Å². The van der Waals surface area contributed by atoms with Crippen LogP contribution in [0.15, 0.2) is 36.4 Å². The highest BCUT2D eigenvalue weighted by atomic mass is 16.6. The van der Waals surface area contributed by atoms with E-state index in [2.05, 4.69) is 16.9 Å².